The number of nitrogen functional groups attached to an aromatic ring is 1. The molecule has 0 aliphatic rings. The summed E-state index contributed by atoms with van der Waals surface area (Å²) in [5, 5.41) is 0. The van der Waals surface area contributed by atoms with Crippen LogP contribution in [-0.2, 0) is 15.6 Å². The Bertz CT molecular complexity index is 489. The lowest BCUT2D eigenvalue weighted by molar-refractivity contribution is 0.559. The lowest BCUT2D eigenvalue weighted by Gasteiger charge is -2.19. The Morgan fingerprint density at radius 1 is 1.31 bits per heavy atom. The summed E-state index contributed by atoms with van der Waals surface area (Å²) in [6.07, 6.45) is 0. The van der Waals surface area contributed by atoms with Gasteiger partial charge in [0.05, 0.1) is 10.5 Å². The lowest BCUT2D eigenvalue weighted by atomic mass is 10.2. The zero-order chi connectivity index (χ0) is 12.6. The van der Waals surface area contributed by atoms with Crippen LogP contribution in [0.5, 0.6) is 0 Å². The number of hydrogen-bond donors (Lipinski definition) is 1. The Morgan fingerprint density at radius 3 is 2.38 bits per heavy atom. The van der Waals surface area contributed by atoms with Gasteiger partial charge in [-0.15, -0.1) is 0 Å². The molecule has 0 radical (unpaired) electrons. The molecule has 16 heavy (non-hydrogen) atoms. The largest absolute Gasteiger partial charge is 0.398 e. The molecule has 1 rings (SSSR count). The predicted molar refractivity (Wildman–Crippen MR) is 70.9 cm³/mol. The first kappa shape index (κ1) is 13.5. The molecule has 2 N–H and O–H groups in total. The number of sulfone groups is 1. The van der Waals surface area contributed by atoms with E-state index < -0.39 is 14.6 Å². The van der Waals surface area contributed by atoms with Crippen molar-refractivity contribution >= 4 is 31.5 Å². The maximum absolute atomic E-state index is 12.0. The summed E-state index contributed by atoms with van der Waals surface area (Å²) in [6, 6.07) is 5.26. The molecule has 1 aromatic rings. The van der Waals surface area contributed by atoms with Gasteiger partial charge in [-0.3, -0.25) is 0 Å². The summed E-state index contributed by atoms with van der Waals surface area (Å²) in [7, 11) is -3.18. The molecule has 5 heteroatoms. The highest BCUT2D eigenvalue weighted by atomic mass is 79.9. The van der Waals surface area contributed by atoms with Gasteiger partial charge in [0.1, 0.15) is 0 Å². The topological polar surface area (TPSA) is 60.2 Å². The number of hydrogen-bond acceptors (Lipinski definition) is 3. The Hall–Kier alpha value is -0.550. The fraction of sp³-hybridized carbons (Fsp3) is 0.455. The third kappa shape index (κ3) is 2.77. The molecule has 0 spiro atoms. The van der Waals surface area contributed by atoms with Gasteiger partial charge in [0.15, 0.2) is 9.84 Å². The van der Waals surface area contributed by atoms with Crippen molar-refractivity contribution in [3.05, 3.63) is 28.2 Å². The molecule has 0 aliphatic carbocycles. The minimum absolute atomic E-state index is 0.00211. The fourth-order valence-electron chi connectivity index (χ4n) is 1.13. The first-order valence-corrected chi connectivity index (χ1v) is 7.35. The van der Waals surface area contributed by atoms with E-state index in [1.54, 1.807) is 39.0 Å². The second-order valence-corrected chi connectivity index (χ2v) is 8.23. The molecule has 0 bridgehead atoms. The van der Waals surface area contributed by atoms with Gasteiger partial charge in [0, 0.05) is 10.2 Å². The van der Waals surface area contributed by atoms with E-state index in [4.69, 9.17) is 5.73 Å². The highest BCUT2D eigenvalue weighted by molar-refractivity contribution is 9.10. The summed E-state index contributed by atoms with van der Waals surface area (Å²) in [5.74, 6) is 0.00211. The second kappa shape index (κ2) is 4.37. The van der Waals surface area contributed by atoms with Gasteiger partial charge in [0.2, 0.25) is 0 Å². The molecule has 0 saturated carbocycles. The maximum Gasteiger partial charge on any atom is 0.159 e. The quantitative estimate of drug-likeness (QED) is 0.855. The van der Waals surface area contributed by atoms with Crippen LogP contribution in [0.25, 0.3) is 0 Å². The number of halogens is 1. The molecule has 0 amide bonds. The van der Waals surface area contributed by atoms with Gasteiger partial charge in [-0.05, 0) is 48.3 Å². The smallest absolute Gasteiger partial charge is 0.159 e. The van der Waals surface area contributed by atoms with Crippen LogP contribution >= 0.6 is 15.9 Å². The highest BCUT2D eigenvalue weighted by Crippen LogP contribution is 2.28. The van der Waals surface area contributed by atoms with Gasteiger partial charge in [-0.1, -0.05) is 12.1 Å². The van der Waals surface area contributed by atoms with E-state index in [0.29, 0.717) is 15.7 Å². The van der Waals surface area contributed by atoms with Crippen molar-refractivity contribution in [1.82, 2.24) is 0 Å². The highest BCUT2D eigenvalue weighted by Gasteiger charge is 2.29. The van der Waals surface area contributed by atoms with Gasteiger partial charge in [0.25, 0.3) is 0 Å². The van der Waals surface area contributed by atoms with E-state index in [1.807, 2.05) is 0 Å². The SMILES string of the molecule is CC(C)(C)S(=O)(=O)Cc1cccc(N)c1Br. The molecule has 0 aliphatic heterocycles. The molecular formula is C11H16BrNO2S. The summed E-state index contributed by atoms with van der Waals surface area (Å²) in [6.45, 7) is 5.09. The third-order valence-corrected chi connectivity index (χ3v) is 5.91. The van der Waals surface area contributed by atoms with Crippen molar-refractivity contribution in [3.63, 3.8) is 0 Å². The molecule has 0 heterocycles. The van der Waals surface area contributed by atoms with Crippen LogP contribution in [0.2, 0.25) is 0 Å². The average molecular weight is 306 g/mol. The zero-order valence-electron chi connectivity index (χ0n) is 9.62. The molecule has 90 valence electrons. The molecule has 0 saturated heterocycles. The minimum Gasteiger partial charge on any atom is -0.398 e. The van der Waals surface area contributed by atoms with Gasteiger partial charge in [-0.25, -0.2) is 8.42 Å². The molecule has 0 aromatic heterocycles. The van der Waals surface area contributed by atoms with Crippen LogP contribution in [0.4, 0.5) is 5.69 Å². The number of anilines is 1. The van der Waals surface area contributed by atoms with Crippen molar-refractivity contribution in [2.24, 2.45) is 0 Å². The second-order valence-electron chi connectivity index (χ2n) is 4.69. The number of nitrogens with two attached hydrogens (primary N) is 1. The summed E-state index contributed by atoms with van der Waals surface area (Å²) in [5.41, 5.74) is 6.97. The van der Waals surface area contributed by atoms with Crippen LogP contribution in [0.1, 0.15) is 26.3 Å². The Morgan fingerprint density at radius 2 is 1.88 bits per heavy atom. The number of benzene rings is 1. The first-order chi connectivity index (χ1) is 7.15. The van der Waals surface area contributed by atoms with Crippen molar-refractivity contribution < 1.29 is 8.42 Å². The molecular weight excluding hydrogens is 290 g/mol. The summed E-state index contributed by atoms with van der Waals surface area (Å²) < 4.78 is 24.0. The molecule has 3 nitrogen and oxygen atoms in total. The minimum atomic E-state index is -3.18. The van der Waals surface area contributed by atoms with Crippen LogP contribution in [-0.4, -0.2) is 13.2 Å². The van der Waals surface area contributed by atoms with Gasteiger partial charge < -0.3 is 5.73 Å². The lowest BCUT2D eigenvalue weighted by Crippen LogP contribution is -2.29. The molecule has 0 fully saturated rings. The maximum atomic E-state index is 12.0. The van der Waals surface area contributed by atoms with Crippen molar-refractivity contribution in [1.29, 1.82) is 0 Å². The van der Waals surface area contributed by atoms with Gasteiger partial charge in [-0.2, -0.15) is 0 Å². The van der Waals surface area contributed by atoms with Crippen LogP contribution in [0.3, 0.4) is 0 Å². The Balaban J connectivity index is 3.12. The molecule has 0 atom stereocenters. The molecule has 0 unspecified atom stereocenters. The predicted octanol–water partition coefficient (Wildman–Crippen LogP) is 2.74. The van der Waals surface area contributed by atoms with E-state index in [-0.39, 0.29) is 5.75 Å². The standard InChI is InChI=1S/C11H16BrNO2S/c1-11(2,3)16(14,15)7-8-5-4-6-9(13)10(8)12/h4-6H,7,13H2,1-3H3. The van der Waals surface area contributed by atoms with E-state index in [0.717, 1.165) is 0 Å². The van der Waals surface area contributed by atoms with E-state index in [2.05, 4.69) is 15.9 Å². The van der Waals surface area contributed by atoms with Crippen LogP contribution < -0.4 is 5.73 Å². The normalized spacial score (nSPS) is 12.8. The monoisotopic (exact) mass is 305 g/mol. The van der Waals surface area contributed by atoms with Crippen molar-refractivity contribution in [2.75, 3.05) is 5.73 Å². The van der Waals surface area contributed by atoms with E-state index in [9.17, 15) is 8.42 Å². The summed E-state index contributed by atoms with van der Waals surface area (Å²) in [4.78, 5) is 0. The Kier molecular flexibility index (Phi) is 3.69. The van der Waals surface area contributed by atoms with E-state index >= 15 is 0 Å². The van der Waals surface area contributed by atoms with Crippen molar-refractivity contribution in [3.8, 4) is 0 Å². The fourth-order valence-corrected chi connectivity index (χ4v) is 2.81. The van der Waals surface area contributed by atoms with Crippen molar-refractivity contribution in [2.45, 2.75) is 31.3 Å². The average Bonchev–Trinajstić information content (AvgIpc) is 2.11. The van der Waals surface area contributed by atoms with Crippen LogP contribution in [0.15, 0.2) is 22.7 Å². The number of rotatable bonds is 2. The van der Waals surface area contributed by atoms with Gasteiger partial charge >= 0.3 is 0 Å². The Labute approximate surface area is 105 Å². The molecule has 1 aromatic carbocycles. The summed E-state index contributed by atoms with van der Waals surface area (Å²) >= 11 is 3.31. The van der Waals surface area contributed by atoms with E-state index in [1.165, 1.54) is 0 Å². The first-order valence-electron chi connectivity index (χ1n) is 4.90. The zero-order valence-corrected chi connectivity index (χ0v) is 12.0. The third-order valence-electron chi connectivity index (χ3n) is 2.39. The van der Waals surface area contributed by atoms with Crippen LogP contribution in [0, 0.1) is 0 Å².